The van der Waals surface area contributed by atoms with E-state index in [1.54, 1.807) is 19.9 Å². The summed E-state index contributed by atoms with van der Waals surface area (Å²) in [6.07, 6.45) is -0.317. The number of aliphatic hydroxyl groups is 2. The largest absolute Gasteiger partial charge is 0.459 e. The number of aliphatic hydroxyl groups excluding tert-OH is 2. The van der Waals surface area contributed by atoms with Crippen molar-refractivity contribution in [1.82, 2.24) is 0 Å². The van der Waals surface area contributed by atoms with Gasteiger partial charge in [0.1, 0.15) is 16.9 Å². The summed E-state index contributed by atoms with van der Waals surface area (Å²) in [4.78, 5) is 11.5. The summed E-state index contributed by atoms with van der Waals surface area (Å²) in [6.45, 7) is 3.35. The van der Waals surface area contributed by atoms with E-state index in [1.807, 2.05) is 0 Å². The topological polar surface area (TPSA) is 90.6 Å². The molecule has 16 heavy (non-hydrogen) atoms. The number of nitriles is 1. The molecule has 1 rings (SSSR count). The number of thioether (sulfide) groups is 2. The molecule has 0 aromatic carbocycles. The van der Waals surface area contributed by atoms with Crippen LogP contribution in [0.2, 0.25) is 0 Å². The lowest BCUT2D eigenvalue weighted by molar-refractivity contribution is -0.142. The Morgan fingerprint density at radius 1 is 1.44 bits per heavy atom. The maximum atomic E-state index is 11.5. The molecule has 0 saturated carbocycles. The van der Waals surface area contributed by atoms with Gasteiger partial charge in [-0.05, 0) is 13.8 Å². The number of ether oxygens (including phenoxy) is 1. The summed E-state index contributed by atoms with van der Waals surface area (Å²) < 4.78 is 5.18. The van der Waals surface area contributed by atoms with E-state index in [1.165, 1.54) is 0 Å². The van der Waals surface area contributed by atoms with E-state index in [9.17, 15) is 15.0 Å². The molecular weight excluding hydrogens is 250 g/mol. The number of esters is 1. The van der Waals surface area contributed by atoms with E-state index in [0.29, 0.717) is 4.24 Å². The smallest absolute Gasteiger partial charge is 0.350 e. The molecule has 7 heteroatoms. The zero-order valence-electron chi connectivity index (χ0n) is 8.71. The number of hydrogen-bond donors (Lipinski definition) is 2. The maximum Gasteiger partial charge on any atom is 0.350 e. The first kappa shape index (κ1) is 13.4. The Labute approximate surface area is 101 Å². The first-order valence-corrected chi connectivity index (χ1v) is 6.26. The van der Waals surface area contributed by atoms with Crippen molar-refractivity contribution < 1.29 is 19.7 Å². The molecule has 0 bridgehead atoms. The van der Waals surface area contributed by atoms with Crippen LogP contribution in [0.5, 0.6) is 0 Å². The molecule has 1 fully saturated rings. The van der Waals surface area contributed by atoms with Gasteiger partial charge in [0.15, 0.2) is 5.57 Å². The third kappa shape index (κ3) is 3.15. The monoisotopic (exact) mass is 261 g/mol. The van der Waals surface area contributed by atoms with Crippen molar-refractivity contribution in [2.24, 2.45) is 0 Å². The summed E-state index contributed by atoms with van der Waals surface area (Å²) in [5.41, 5.74) is -2.20. The van der Waals surface area contributed by atoms with Crippen molar-refractivity contribution in [1.29, 1.82) is 5.26 Å². The van der Waals surface area contributed by atoms with Crippen molar-refractivity contribution in [3.63, 3.8) is 0 Å². The average Bonchev–Trinajstić information content (AvgIpc) is 2.46. The molecule has 2 N–H and O–H groups in total. The molecule has 0 aromatic heterocycles. The fraction of sp³-hybridized carbons (Fsp3) is 0.556. The van der Waals surface area contributed by atoms with Gasteiger partial charge >= 0.3 is 5.97 Å². The highest BCUT2D eigenvalue weighted by Crippen LogP contribution is 2.46. The lowest BCUT2D eigenvalue weighted by atomic mass is 10.3. The zero-order valence-corrected chi connectivity index (χ0v) is 10.3. The lowest BCUT2D eigenvalue weighted by Crippen LogP contribution is -2.13. The molecule has 1 saturated heterocycles. The Kier molecular flexibility index (Phi) is 4.68. The van der Waals surface area contributed by atoms with Gasteiger partial charge in [-0.25, -0.2) is 4.79 Å². The first-order valence-electron chi connectivity index (χ1n) is 4.50. The molecule has 1 aliphatic heterocycles. The van der Waals surface area contributed by atoms with E-state index in [4.69, 9.17) is 10.00 Å². The minimum Gasteiger partial charge on any atom is -0.459 e. The van der Waals surface area contributed by atoms with Crippen LogP contribution in [-0.4, -0.2) is 33.2 Å². The second-order valence-corrected chi connectivity index (χ2v) is 5.76. The van der Waals surface area contributed by atoms with Gasteiger partial charge < -0.3 is 14.9 Å². The summed E-state index contributed by atoms with van der Waals surface area (Å²) in [7, 11) is 0. The van der Waals surface area contributed by atoms with Crippen molar-refractivity contribution in [2.75, 3.05) is 0 Å². The Hall–Kier alpha value is -0.680. The molecule has 0 aromatic rings. The van der Waals surface area contributed by atoms with Crippen LogP contribution in [0, 0.1) is 11.3 Å². The van der Waals surface area contributed by atoms with Gasteiger partial charge in [-0.2, -0.15) is 5.26 Å². The minimum absolute atomic E-state index is 0.167. The molecule has 0 radical (unpaired) electrons. The van der Waals surface area contributed by atoms with Crippen molar-refractivity contribution in [2.45, 2.75) is 30.8 Å². The normalized spacial score (nSPS) is 24.4. The molecule has 2 atom stereocenters. The number of carbonyl (C=O) groups is 1. The molecule has 2 unspecified atom stereocenters. The molecule has 0 aliphatic carbocycles. The van der Waals surface area contributed by atoms with E-state index in [0.717, 1.165) is 23.5 Å². The fourth-order valence-electron chi connectivity index (χ4n) is 0.929. The van der Waals surface area contributed by atoms with Gasteiger partial charge in [0.2, 0.25) is 0 Å². The second-order valence-electron chi connectivity index (χ2n) is 3.25. The number of hydrogen-bond acceptors (Lipinski definition) is 7. The Morgan fingerprint density at radius 3 is 2.31 bits per heavy atom. The second kappa shape index (κ2) is 5.59. The molecular formula is C9H11NO4S2. The maximum absolute atomic E-state index is 11.5. The first-order chi connectivity index (χ1) is 7.45. The van der Waals surface area contributed by atoms with Crippen LogP contribution in [0.1, 0.15) is 13.8 Å². The Morgan fingerprint density at radius 2 is 1.94 bits per heavy atom. The van der Waals surface area contributed by atoms with Crippen LogP contribution < -0.4 is 0 Å². The third-order valence-corrected chi connectivity index (χ3v) is 4.15. The molecule has 0 spiro atoms. The summed E-state index contributed by atoms with van der Waals surface area (Å²) >= 11 is 1.77. The van der Waals surface area contributed by atoms with E-state index in [2.05, 4.69) is 0 Å². The number of nitrogens with zero attached hydrogens (tertiary/aromatic N) is 1. The fourth-order valence-corrected chi connectivity index (χ4v) is 3.24. The van der Waals surface area contributed by atoms with Gasteiger partial charge in [0.05, 0.1) is 10.3 Å². The van der Waals surface area contributed by atoms with Crippen LogP contribution in [0.15, 0.2) is 9.81 Å². The predicted octanol–water partition coefficient (Wildman–Crippen LogP) is 0.790. The highest BCUT2D eigenvalue weighted by atomic mass is 32.2. The van der Waals surface area contributed by atoms with Crippen LogP contribution >= 0.6 is 23.5 Å². The molecule has 1 heterocycles. The highest BCUT2D eigenvalue weighted by molar-refractivity contribution is 8.25. The van der Waals surface area contributed by atoms with E-state index in [-0.39, 0.29) is 11.7 Å². The Balaban J connectivity index is 2.86. The molecule has 0 amide bonds. The van der Waals surface area contributed by atoms with Gasteiger partial charge in [0.25, 0.3) is 0 Å². The SMILES string of the molecule is CC(C)OC(=O)C(C#N)=C1SC(O)C(O)S1. The summed E-state index contributed by atoms with van der Waals surface area (Å²) in [5, 5.41) is 27.4. The average molecular weight is 261 g/mol. The molecule has 88 valence electrons. The standard InChI is InChI=1S/C9H11NO4S2/c1-4(2)14-6(11)5(3-10)9-15-7(12)8(13)16-9/h4,7-8,12-13H,1-2H3. The molecule has 5 nitrogen and oxygen atoms in total. The van der Waals surface area contributed by atoms with Gasteiger partial charge in [0, 0.05) is 0 Å². The minimum atomic E-state index is -1.02. The third-order valence-electron chi connectivity index (χ3n) is 1.56. The van der Waals surface area contributed by atoms with E-state index >= 15 is 0 Å². The van der Waals surface area contributed by atoms with Crippen LogP contribution in [-0.2, 0) is 9.53 Å². The molecule has 1 aliphatic rings. The Bertz CT molecular complexity index is 349. The quantitative estimate of drug-likeness (QED) is 0.431. The van der Waals surface area contributed by atoms with Gasteiger partial charge in [-0.3, -0.25) is 0 Å². The van der Waals surface area contributed by atoms with Gasteiger partial charge in [-0.15, -0.1) is 0 Å². The predicted molar refractivity (Wildman–Crippen MR) is 61.1 cm³/mol. The van der Waals surface area contributed by atoms with Crippen molar-refractivity contribution in [3.8, 4) is 6.07 Å². The van der Waals surface area contributed by atoms with Crippen LogP contribution in [0.25, 0.3) is 0 Å². The highest BCUT2D eigenvalue weighted by Gasteiger charge is 2.33. The van der Waals surface area contributed by atoms with Crippen molar-refractivity contribution >= 4 is 29.5 Å². The van der Waals surface area contributed by atoms with Gasteiger partial charge in [-0.1, -0.05) is 23.5 Å². The number of carbonyl (C=O) groups excluding carboxylic acids is 1. The van der Waals surface area contributed by atoms with Crippen LogP contribution in [0.3, 0.4) is 0 Å². The lowest BCUT2D eigenvalue weighted by Gasteiger charge is -2.07. The summed E-state index contributed by atoms with van der Waals surface area (Å²) in [5.74, 6) is -0.728. The van der Waals surface area contributed by atoms with Crippen molar-refractivity contribution in [3.05, 3.63) is 9.81 Å². The zero-order chi connectivity index (χ0) is 12.3. The summed E-state index contributed by atoms with van der Waals surface area (Å²) in [6, 6.07) is 1.73. The van der Waals surface area contributed by atoms with E-state index < -0.39 is 16.8 Å². The van der Waals surface area contributed by atoms with Crippen LogP contribution in [0.4, 0.5) is 0 Å². The number of rotatable bonds is 2.